The highest BCUT2D eigenvalue weighted by atomic mass is 15.0. The van der Waals surface area contributed by atoms with Crippen LogP contribution < -0.4 is 5.32 Å². The minimum Gasteiger partial charge on any atom is -0.374 e. The number of rotatable bonds is 0. The molecule has 1 heteroatoms. The highest BCUT2D eigenvalue weighted by Crippen LogP contribution is 2.49. The monoisotopic (exact) mass is 233 g/mol. The van der Waals surface area contributed by atoms with Gasteiger partial charge in [0.25, 0.3) is 0 Å². The molecule has 2 aromatic rings. The Morgan fingerprint density at radius 1 is 0.944 bits per heavy atom. The molecule has 88 valence electrons. The summed E-state index contributed by atoms with van der Waals surface area (Å²) in [6.07, 6.45) is 2.33. The zero-order chi connectivity index (χ0) is 12.3. The van der Waals surface area contributed by atoms with Gasteiger partial charge in [-0.2, -0.15) is 0 Å². The fourth-order valence-electron chi connectivity index (χ4n) is 3.06. The van der Waals surface area contributed by atoms with E-state index in [1.54, 1.807) is 0 Å². The van der Waals surface area contributed by atoms with E-state index in [-0.39, 0.29) is 0 Å². The first kappa shape index (κ1) is 9.95. The van der Waals surface area contributed by atoms with Crippen molar-refractivity contribution in [2.24, 2.45) is 0 Å². The molecular formula is C17H15N. The minimum atomic E-state index is 0.358. The summed E-state index contributed by atoms with van der Waals surface area (Å²) in [6.45, 7) is 4.31. The SMILES string of the molecule is Cc1ccc2c(c1)C1=Cc3ccc(C)cc3C1N2. The van der Waals surface area contributed by atoms with Crippen molar-refractivity contribution in [3.05, 3.63) is 64.2 Å². The molecule has 2 aliphatic rings. The smallest absolute Gasteiger partial charge is 0.0780 e. The summed E-state index contributed by atoms with van der Waals surface area (Å²) in [4.78, 5) is 0. The molecule has 1 N–H and O–H groups in total. The first-order valence-electron chi connectivity index (χ1n) is 6.42. The molecule has 0 saturated heterocycles. The van der Waals surface area contributed by atoms with Crippen molar-refractivity contribution in [2.75, 3.05) is 5.32 Å². The molecule has 1 unspecified atom stereocenters. The van der Waals surface area contributed by atoms with Gasteiger partial charge in [-0.1, -0.05) is 35.4 Å². The second-order valence-electron chi connectivity index (χ2n) is 5.36. The molecule has 0 aromatic heterocycles. The first-order valence-corrected chi connectivity index (χ1v) is 6.42. The largest absolute Gasteiger partial charge is 0.374 e. The maximum Gasteiger partial charge on any atom is 0.0780 e. The molecule has 0 spiro atoms. The Kier molecular flexibility index (Phi) is 1.80. The fourth-order valence-corrected chi connectivity index (χ4v) is 3.06. The Balaban J connectivity index is 1.91. The molecule has 2 aromatic carbocycles. The quantitative estimate of drug-likeness (QED) is 0.714. The molecule has 0 saturated carbocycles. The third kappa shape index (κ3) is 1.22. The van der Waals surface area contributed by atoms with Gasteiger partial charge in [0, 0.05) is 11.3 Å². The molecule has 0 radical (unpaired) electrons. The van der Waals surface area contributed by atoms with Gasteiger partial charge in [-0.15, -0.1) is 0 Å². The molecule has 4 rings (SSSR count). The molecular weight excluding hydrogens is 218 g/mol. The van der Waals surface area contributed by atoms with Crippen LogP contribution in [0.5, 0.6) is 0 Å². The van der Waals surface area contributed by atoms with Gasteiger partial charge in [-0.3, -0.25) is 0 Å². The Bertz CT molecular complexity index is 695. The molecule has 1 aliphatic heterocycles. The lowest BCUT2D eigenvalue weighted by atomic mass is 10.0. The van der Waals surface area contributed by atoms with Crippen LogP contribution >= 0.6 is 0 Å². The third-order valence-corrected chi connectivity index (χ3v) is 3.96. The maximum absolute atomic E-state index is 3.64. The molecule has 1 heterocycles. The number of anilines is 1. The van der Waals surface area contributed by atoms with Crippen molar-refractivity contribution in [1.82, 2.24) is 0 Å². The maximum atomic E-state index is 3.64. The van der Waals surface area contributed by atoms with Gasteiger partial charge < -0.3 is 5.32 Å². The van der Waals surface area contributed by atoms with E-state index >= 15 is 0 Å². The van der Waals surface area contributed by atoms with Crippen molar-refractivity contribution in [2.45, 2.75) is 19.9 Å². The Morgan fingerprint density at radius 3 is 2.61 bits per heavy atom. The van der Waals surface area contributed by atoms with Crippen LogP contribution in [0.2, 0.25) is 0 Å². The van der Waals surface area contributed by atoms with Crippen LogP contribution in [0.1, 0.15) is 33.9 Å². The average Bonchev–Trinajstić information content (AvgIpc) is 2.86. The second kappa shape index (κ2) is 3.26. The molecule has 1 nitrogen and oxygen atoms in total. The summed E-state index contributed by atoms with van der Waals surface area (Å²) in [5, 5.41) is 3.64. The minimum absolute atomic E-state index is 0.358. The van der Waals surface area contributed by atoms with Gasteiger partial charge in [0.05, 0.1) is 6.04 Å². The standard InChI is InChI=1S/C17H15N/c1-10-3-5-12-9-15-14-8-11(2)4-6-16(14)18-17(15)13(12)7-10/h3-9,17-18H,1-2H3. The van der Waals surface area contributed by atoms with Crippen LogP contribution in [0.25, 0.3) is 11.6 Å². The van der Waals surface area contributed by atoms with Crippen LogP contribution in [0.15, 0.2) is 36.4 Å². The van der Waals surface area contributed by atoms with E-state index in [9.17, 15) is 0 Å². The number of benzene rings is 2. The van der Waals surface area contributed by atoms with Crippen molar-refractivity contribution in [3.8, 4) is 0 Å². The van der Waals surface area contributed by atoms with Crippen molar-refractivity contribution >= 4 is 17.3 Å². The summed E-state index contributed by atoms with van der Waals surface area (Å²) in [5.41, 5.74) is 9.49. The lowest BCUT2D eigenvalue weighted by molar-refractivity contribution is 1.06. The summed E-state index contributed by atoms with van der Waals surface area (Å²) >= 11 is 0. The van der Waals surface area contributed by atoms with E-state index in [1.807, 2.05) is 0 Å². The number of nitrogens with one attached hydrogen (secondary N) is 1. The summed E-state index contributed by atoms with van der Waals surface area (Å²) in [5.74, 6) is 0. The number of fused-ring (bicyclic) bond motifs is 5. The van der Waals surface area contributed by atoms with E-state index in [1.165, 1.54) is 39.1 Å². The number of hydrogen-bond donors (Lipinski definition) is 1. The van der Waals surface area contributed by atoms with E-state index in [0.717, 1.165) is 0 Å². The van der Waals surface area contributed by atoms with E-state index in [0.29, 0.717) is 6.04 Å². The van der Waals surface area contributed by atoms with Crippen LogP contribution in [0, 0.1) is 13.8 Å². The first-order chi connectivity index (χ1) is 8.72. The van der Waals surface area contributed by atoms with Crippen LogP contribution in [-0.2, 0) is 0 Å². The third-order valence-electron chi connectivity index (χ3n) is 3.96. The zero-order valence-electron chi connectivity index (χ0n) is 10.6. The normalized spacial score (nSPS) is 18.8. The molecule has 1 atom stereocenters. The predicted molar refractivity (Wildman–Crippen MR) is 76.6 cm³/mol. The van der Waals surface area contributed by atoms with Crippen LogP contribution in [0.4, 0.5) is 5.69 Å². The zero-order valence-corrected chi connectivity index (χ0v) is 10.6. The summed E-state index contributed by atoms with van der Waals surface area (Å²) < 4.78 is 0. The summed E-state index contributed by atoms with van der Waals surface area (Å²) in [7, 11) is 0. The van der Waals surface area contributed by atoms with Crippen LogP contribution in [0.3, 0.4) is 0 Å². The molecule has 0 fully saturated rings. The van der Waals surface area contributed by atoms with Crippen molar-refractivity contribution in [3.63, 3.8) is 0 Å². The Hall–Kier alpha value is -2.02. The van der Waals surface area contributed by atoms with Gasteiger partial charge >= 0.3 is 0 Å². The molecule has 0 bridgehead atoms. The Morgan fingerprint density at radius 2 is 1.72 bits per heavy atom. The van der Waals surface area contributed by atoms with Gasteiger partial charge in [0.2, 0.25) is 0 Å². The topological polar surface area (TPSA) is 12.0 Å². The van der Waals surface area contributed by atoms with Gasteiger partial charge in [0.1, 0.15) is 0 Å². The molecule has 18 heavy (non-hydrogen) atoms. The highest BCUT2D eigenvalue weighted by Gasteiger charge is 2.32. The molecule has 1 aliphatic carbocycles. The van der Waals surface area contributed by atoms with Crippen molar-refractivity contribution < 1.29 is 0 Å². The van der Waals surface area contributed by atoms with Gasteiger partial charge in [0.15, 0.2) is 0 Å². The average molecular weight is 233 g/mol. The van der Waals surface area contributed by atoms with Gasteiger partial charge in [-0.05, 0) is 48.8 Å². The van der Waals surface area contributed by atoms with E-state index < -0.39 is 0 Å². The fraction of sp³-hybridized carbons (Fsp3) is 0.176. The second-order valence-corrected chi connectivity index (χ2v) is 5.36. The van der Waals surface area contributed by atoms with E-state index in [2.05, 4.69) is 61.6 Å². The predicted octanol–water partition coefficient (Wildman–Crippen LogP) is 4.32. The van der Waals surface area contributed by atoms with Gasteiger partial charge in [-0.25, -0.2) is 0 Å². The molecule has 0 amide bonds. The Labute approximate surface area is 107 Å². The number of hydrogen-bond acceptors (Lipinski definition) is 1. The van der Waals surface area contributed by atoms with E-state index in [4.69, 9.17) is 0 Å². The number of aryl methyl sites for hydroxylation is 2. The van der Waals surface area contributed by atoms with Crippen molar-refractivity contribution in [1.29, 1.82) is 0 Å². The highest BCUT2D eigenvalue weighted by molar-refractivity contribution is 6.00. The lowest BCUT2D eigenvalue weighted by Crippen LogP contribution is -2.02. The van der Waals surface area contributed by atoms with Crippen LogP contribution in [-0.4, -0.2) is 0 Å². The lowest BCUT2D eigenvalue weighted by Gasteiger charge is -2.11. The summed E-state index contributed by atoms with van der Waals surface area (Å²) in [6, 6.07) is 13.7.